The molecule has 1 aliphatic rings. The summed E-state index contributed by atoms with van der Waals surface area (Å²) >= 11 is 0. The summed E-state index contributed by atoms with van der Waals surface area (Å²) in [5.41, 5.74) is 5.36. The summed E-state index contributed by atoms with van der Waals surface area (Å²) in [4.78, 5) is 30.1. The maximum absolute atomic E-state index is 12.1. The van der Waals surface area contributed by atoms with Crippen LogP contribution in [-0.4, -0.2) is 40.1 Å². The van der Waals surface area contributed by atoms with E-state index in [-0.39, 0.29) is 11.6 Å². The summed E-state index contributed by atoms with van der Waals surface area (Å²) in [6.07, 6.45) is 1.11. The molecule has 0 atom stereocenters. The zero-order valence-electron chi connectivity index (χ0n) is 15.5. The van der Waals surface area contributed by atoms with Gasteiger partial charge < -0.3 is 9.64 Å². The first-order valence-corrected chi connectivity index (χ1v) is 8.98. The van der Waals surface area contributed by atoms with Crippen molar-refractivity contribution in [1.82, 2.24) is 14.6 Å². The van der Waals surface area contributed by atoms with Crippen LogP contribution in [-0.2, 0) is 22.4 Å². The van der Waals surface area contributed by atoms with Crippen LogP contribution < -0.4 is 4.90 Å². The predicted molar refractivity (Wildman–Crippen MR) is 101 cm³/mol. The topological polar surface area (TPSA) is 76.8 Å². The monoisotopic (exact) mass is 364 g/mol. The van der Waals surface area contributed by atoms with E-state index in [9.17, 15) is 9.59 Å². The quantitative estimate of drug-likeness (QED) is 0.665. The molecule has 0 spiro atoms. The lowest BCUT2D eigenvalue weighted by molar-refractivity contribution is -0.117. The number of aromatic nitrogens is 3. The van der Waals surface area contributed by atoms with Crippen LogP contribution in [0.25, 0.3) is 16.9 Å². The molecule has 0 bridgehead atoms. The van der Waals surface area contributed by atoms with Crippen molar-refractivity contribution in [2.75, 3.05) is 18.6 Å². The summed E-state index contributed by atoms with van der Waals surface area (Å²) in [6, 6.07) is 9.46. The zero-order valence-corrected chi connectivity index (χ0v) is 15.5. The molecule has 0 saturated heterocycles. The molecule has 7 nitrogen and oxygen atoms in total. The summed E-state index contributed by atoms with van der Waals surface area (Å²) in [5, 5.41) is 4.67. The first-order chi connectivity index (χ1) is 13.0. The Labute approximate surface area is 156 Å². The summed E-state index contributed by atoms with van der Waals surface area (Å²) in [7, 11) is 1.78. The smallest absolute Gasteiger partial charge is 0.357 e. The number of rotatable bonds is 4. The van der Waals surface area contributed by atoms with Gasteiger partial charge in [-0.1, -0.05) is 13.0 Å². The van der Waals surface area contributed by atoms with Crippen molar-refractivity contribution in [1.29, 1.82) is 0 Å². The molecule has 1 amide bonds. The van der Waals surface area contributed by atoms with Crippen molar-refractivity contribution >= 4 is 23.2 Å². The molecular weight excluding hydrogens is 344 g/mol. The second-order valence-corrected chi connectivity index (χ2v) is 6.48. The maximum atomic E-state index is 12.1. The average Bonchev–Trinajstić information content (AvgIpc) is 3.22. The van der Waals surface area contributed by atoms with E-state index in [0.29, 0.717) is 25.1 Å². The van der Waals surface area contributed by atoms with Crippen LogP contribution in [0.2, 0.25) is 0 Å². The van der Waals surface area contributed by atoms with Gasteiger partial charge in [-0.3, -0.25) is 4.79 Å². The summed E-state index contributed by atoms with van der Waals surface area (Å²) in [5.74, 6) is -0.345. The van der Waals surface area contributed by atoms with Crippen LogP contribution in [0.4, 0.5) is 5.69 Å². The van der Waals surface area contributed by atoms with E-state index in [4.69, 9.17) is 4.74 Å². The fraction of sp³-hybridized carbons (Fsp3) is 0.300. The minimum absolute atomic E-state index is 0.0890. The molecule has 7 heteroatoms. The molecule has 0 saturated carbocycles. The van der Waals surface area contributed by atoms with Crippen LogP contribution in [0, 0.1) is 0 Å². The number of nitrogens with zero attached hydrogens (tertiary/aromatic N) is 4. The average molecular weight is 364 g/mol. The first kappa shape index (κ1) is 17.2. The van der Waals surface area contributed by atoms with Crippen LogP contribution >= 0.6 is 0 Å². The lowest BCUT2D eigenvalue weighted by Gasteiger charge is -2.09. The van der Waals surface area contributed by atoms with E-state index in [1.165, 1.54) is 0 Å². The highest BCUT2D eigenvalue weighted by Gasteiger charge is 2.24. The number of aryl methyl sites for hydroxylation is 1. The Morgan fingerprint density at radius 1 is 1.22 bits per heavy atom. The van der Waals surface area contributed by atoms with Crippen LogP contribution in [0.3, 0.4) is 0 Å². The number of likely N-dealkylation sites (N-methyl/N-ethyl adjacent to an activating group) is 1. The number of amides is 1. The van der Waals surface area contributed by atoms with E-state index in [1.54, 1.807) is 29.5 Å². The van der Waals surface area contributed by atoms with Gasteiger partial charge in [-0.05, 0) is 37.1 Å². The molecule has 3 heterocycles. The summed E-state index contributed by atoms with van der Waals surface area (Å²) < 4.78 is 6.82. The minimum Gasteiger partial charge on any atom is -0.461 e. The number of esters is 1. The van der Waals surface area contributed by atoms with Gasteiger partial charge in [-0.15, -0.1) is 0 Å². The maximum Gasteiger partial charge on any atom is 0.357 e. The second kappa shape index (κ2) is 6.50. The van der Waals surface area contributed by atoms with Crippen molar-refractivity contribution in [2.45, 2.75) is 26.7 Å². The largest absolute Gasteiger partial charge is 0.461 e. The van der Waals surface area contributed by atoms with E-state index < -0.39 is 5.97 Å². The molecule has 0 radical (unpaired) electrons. The number of ether oxygens (including phenoxy) is 1. The molecule has 0 aliphatic carbocycles. The third-order valence-electron chi connectivity index (χ3n) is 4.80. The molecule has 3 aromatic rings. The van der Waals surface area contributed by atoms with Crippen LogP contribution in [0.15, 0.2) is 30.3 Å². The highest BCUT2D eigenvalue weighted by Crippen LogP contribution is 2.32. The molecule has 4 rings (SSSR count). The first-order valence-electron chi connectivity index (χ1n) is 8.98. The van der Waals surface area contributed by atoms with Crippen molar-refractivity contribution in [3.8, 4) is 11.3 Å². The molecule has 0 fully saturated rings. The van der Waals surface area contributed by atoms with Gasteiger partial charge in [-0.25, -0.2) is 14.3 Å². The fourth-order valence-electron chi connectivity index (χ4n) is 3.37. The molecule has 27 heavy (non-hydrogen) atoms. The molecule has 1 aliphatic heterocycles. The van der Waals surface area contributed by atoms with Crippen LogP contribution in [0.1, 0.15) is 35.6 Å². The number of carbonyl (C=O) groups is 2. The van der Waals surface area contributed by atoms with E-state index in [2.05, 4.69) is 10.1 Å². The zero-order chi connectivity index (χ0) is 19.1. The number of fused-ring (bicyclic) bond motifs is 2. The molecule has 0 N–H and O–H groups in total. The molecular formula is C20H20N4O3. The SMILES string of the molecule is CCOC(=O)c1cc(CC)n2nc(-c3ccc4c(c3)CC(=O)N4C)cc2n1. The van der Waals surface area contributed by atoms with Crippen LogP contribution in [0.5, 0.6) is 0 Å². The summed E-state index contributed by atoms with van der Waals surface area (Å²) in [6.45, 7) is 4.08. The van der Waals surface area contributed by atoms with Crippen molar-refractivity contribution < 1.29 is 14.3 Å². The Morgan fingerprint density at radius 2 is 2.04 bits per heavy atom. The number of benzene rings is 1. The van der Waals surface area contributed by atoms with Gasteiger partial charge in [0, 0.05) is 30.1 Å². The Balaban J connectivity index is 1.79. The van der Waals surface area contributed by atoms with Crippen molar-refractivity contribution in [2.24, 2.45) is 0 Å². The lowest BCUT2D eigenvalue weighted by atomic mass is 10.1. The molecule has 1 aromatic carbocycles. The fourth-order valence-corrected chi connectivity index (χ4v) is 3.37. The van der Waals surface area contributed by atoms with Gasteiger partial charge in [0.25, 0.3) is 0 Å². The number of hydrogen-bond acceptors (Lipinski definition) is 5. The molecule has 0 unspecified atom stereocenters. The highest BCUT2D eigenvalue weighted by molar-refractivity contribution is 6.01. The third kappa shape index (κ3) is 2.85. The molecule has 138 valence electrons. The van der Waals surface area contributed by atoms with Gasteiger partial charge in [0.2, 0.25) is 5.91 Å². The second-order valence-electron chi connectivity index (χ2n) is 6.48. The third-order valence-corrected chi connectivity index (χ3v) is 4.80. The Bertz CT molecular complexity index is 1070. The standard InChI is InChI=1S/C20H20N4O3/c1-4-14-10-16(20(26)27-5-2)21-18-11-15(22-24(14)18)12-6-7-17-13(8-12)9-19(25)23(17)3/h6-8,10-11H,4-5,9H2,1-3H3. The highest BCUT2D eigenvalue weighted by atomic mass is 16.5. The van der Waals surface area contributed by atoms with Gasteiger partial charge in [0.05, 0.1) is 18.7 Å². The van der Waals surface area contributed by atoms with Crippen molar-refractivity contribution in [3.63, 3.8) is 0 Å². The lowest BCUT2D eigenvalue weighted by Crippen LogP contribution is -2.20. The molecule has 2 aromatic heterocycles. The predicted octanol–water partition coefficient (Wildman–Crippen LogP) is 2.65. The van der Waals surface area contributed by atoms with Gasteiger partial charge in [0.1, 0.15) is 0 Å². The van der Waals surface area contributed by atoms with E-state index >= 15 is 0 Å². The van der Waals surface area contributed by atoms with Gasteiger partial charge in [-0.2, -0.15) is 5.10 Å². The number of anilines is 1. The van der Waals surface area contributed by atoms with E-state index in [0.717, 1.165) is 28.2 Å². The van der Waals surface area contributed by atoms with Crippen molar-refractivity contribution in [3.05, 3.63) is 47.3 Å². The normalized spacial score (nSPS) is 13.3. The Morgan fingerprint density at radius 3 is 2.78 bits per heavy atom. The number of hydrogen-bond donors (Lipinski definition) is 0. The minimum atomic E-state index is -0.434. The van der Waals surface area contributed by atoms with E-state index in [1.807, 2.05) is 31.2 Å². The Hall–Kier alpha value is -3.22. The Kier molecular flexibility index (Phi) is 4.14. The number of carbonyl (C=O) groups excluding carboxylic acids is 2. The van der Waals surface area contributed by atoms with Gasteiger partial charge in [0.15, 0.2) is 11.3 Å². The van der Waals surface area contributed by atoms with Gasteiger partial charge >= 0.3 is 5.97 Å².